The molecule has 4 aromatic heterocycles. The minimum atomic E-state index is -4.40. The third-order valence-corrected chi connectivity index (χ3v) is 9.23. The molecule has 10 atom stereocenters. The second-order valence-corrected chi connectivity index (χ2v) is 14.2. The number of nitrogens with zero attached hydrogens (tertiary/aromatic N) is 7. The maximum absolute atomic E-state index is 15.7. The molecule has 25 heteroatoms. The van der Waals surface area contributed by atoms with E-state index >= 15 is 8.78 Å². The lowest BCUT2D eigenvalue weighted by Gasteiger charge is -2.26. The Balaban J connectivity index is 1.20. The highest BCUT2D eigenvalue weighted by molar-refractivity contribution is 8.39. The number of halogens is 2. The maximum Gasteiger partial charge on any atom is 0.582 e. The van der Waals surface area contributed by atoms with Crippen LogP contribution in [0.25, 0.3) is 22.3 Å². The fourth-order valence-electron chi connectivity index (χ4n) is 4.91. The molecule has 6 rings (SSSR count). The first-order valence-electron chi connectivity index (χ1n) is 12.7. The molecule has 0 spiro atoms. The van der Waals surface area contributed by atoms with Crippen LogP contribution < -0.4 is 17.0 Å². The van der Waals surface area contributed by atoms with Gasteiger partial charge in [0.2, 0.25) is 5.95 Å². The SMILES string of the molecule is Nc1nc2c(ncn2[C@@H]2O[C@H](CO[P+](=O)S)[C@@H](F)[C@H]2OP(O)(=S)OC[C@H]2O[C@@H](n3cnc4c(N)ncnc43)[C@H](F)[C@@H]2O)c(=O)[nH]1. The van der Waals surface area contributed by atoms with Gasteiger partial charge in [-0.2, -0.15) is 4.98 Å². The number of anilines is 2. The fourth-order valence-corrected chi connectivity index (χ4v) is 6.78. The molecule has 4 aromatic rings. The van der Waals surface area contributed by atoms with Crippen molar-refractivity contribution in [3.63, 3.8) is 0 Å². The Hall–Kier alpha value is -2.82. The molecular weight excluding hydrogens is 688 g/mol. The highest BCUT2D eigenvalue weighted by atomic mass is 32.7. The summed E-state index contributed by atoms with van der Waals surface area (Å²) in [6, 6.07) is 0. The molecule has 0 bridgehead atoms. The third-order valence-electron chi connectivity index (χ3n) is 6.95. The van der Waals surface area contributed by atoms with E-state index in [1.54, 1.807) is 0 Å². The van der Waals surface area contributed by atoms with E-state index in [2.05, 4.69) is 42.2 Å². The highest BCUT2D eigenvalue weighted by Crippen LogP contribution is 2.51. The average Bonchev–Trinajstić information content (AvgIpc) is 3.73. The molecule has 7 N–H and O–H groups in total. The Morgan fingerprint density at radius 3 is 2.49 bits per heavy atom. The Morgan fingerprint density at radius 1 is 1.07 bits per heavy atom. The highest BCUT2D eigenvalue weighted by Gasteiger charge is 2.51. The van der Waals surface area contributed by atoms with Gasteiger partial charge in [0.15, 0.2) is 47.4 Å². The summed E-state index contributed by atoms with van der Waals surface area (Å²) >= 11 is 8.73. The van der Waals surface area contributed by atoms with Crippen molar-refractivity contribution in [2.45, 2.75) is 49.2 Å². The molecule has 45 heavy (non-hydrogen) atoms. The van der Waals surface area contributed by atoms with Gasteiger partial charge in [-0.25, -0.2) is 28.7 Å². The molecule has 2 aliphatic heterocycles. The summed E-state index contributed by atoms with van der Waals surface area (Å²) in [6.07, 6.45) is -9.78. The smallest absolute Gasteiger partial charge is 0.387 e. The third kappa shape index (κ3) is 6.17. The molecule has 0 radical (unpaired) electrons. The first kappa shape index (κ1) is 32.1. The molecule has 19 nitrogen and oxygen atoms in total. The summed E-state index contributed by atoms with van der Waals surface area (Å²) < 4.78 is 71.8. The molecule has 0 aliphatic carbocycles. The molecule has 2 unspecified atom stereocenters. The van der Waals surface area contributed by atoms with Crippen LogP contribution in [0.4, 0.5) is 20.5 Å². The zero-order chi connectivity index (χ0) is 32.2. The van der Waals surface area contributed by atoms with E-state index in [-0.39, 0.29) is 34.1 Å². The van der Waals surface area contributed by atoms with Crippen LogP contribution in [0.2, 0.25) is 0 Å². The molecule has 2 saturated heterocycles. The minimum Gasteiger partial charge on any atom is -0.387 e. The summed E-state index contributed by atoms with van der Waals surface area (Å²) in [7, 11) is -2.43. The maximum atomic E-state index is 15.7. The number of nitrogens with two attached hydrogens (primary N) is 2. The number of alkyl halides is 2. The van der Waals surface area contributed by atoms with E-state index < -0.39 is 81.9 Å². The van der Waals surface area contributed by atoms with Gasteiger partial charge in [0.25, 0.3) is 5.56 Å². The summed E-state index contributed by atoms with van der Waals surface area (Å²) in [5.41, 5.74) is 10.8. The predicted octanol–water partition coefficient (Wildman–Crippen LogP) is 0.178. The summed E-state index contributed by atoms with van der Waals surface area (Å²) in [5, 5.41) is 10.5. The molecule has 0 saturated carbocycles. The van der Waals surface area contributed by atoms with Gasteiger partial charge >= 0.3 is 13.9 Å². The number of aromatic amines is 1. The fraction of sp³-hybridized carbons (Fsp3) is 0.500. The van der Waals surface area contributed by atoms with E-state index in [4.69, 9.17) is 46.3 Å². The number of rotatable bonds is 10. The molecule has 2 aliphatic rings. The normalized spacial score (nSPS) is 30.3. The zero-order valence-corrected chi connectivity index (χ0v) is 25.8. The number of thiol groups is 1. The van der Waals surface area contributed by atoms with Gasteiger partial charge in [0.05, 0.1) is 19.3 Å². The number of nitrogen functional groups attached to an aromatic ring is 2. The quantitative estimate of drug-likeness (QED) is 0.0946. The molecule has 6 heterocycles. The molecule has 0 aromatic carbocycles. The van der Waals surface area contributed by atoms with Crippen LogP contribution >= 0.6 is 26.2 Å². The van der Waals surface area contributed by atoms with Gasteiger partial charge in [-0.3, -0.25) is 23.4 Å². The number of hydrogen-bond acceptors (Lipinski definition) is 16. The van der Waals surface area contributed by atoms with Gasteiger partial charge in [0.1, 0.15) is 55.1 Å². The van der Waals surface area contributed by atoms with Gasteiger partial charge in [-0.05, 0) is 16.4 Å². The van der Waals surface area contributed by atoms with E-state index in [9.17, 15) is 19.4 Å². The van der Waals surface area contributed by atoms with Gasteiger partial charge < -0.3 is 35.5 Å². The van der Waals surface area contributed by atoms with Crippen LogP contribution in [0.5, 0.6) is 0 Å². The number of aromatic nitrogens is 8. The van der Waals surface area contributed by atoms with Crippen LogP contribution in [-0.4, -0.2) is 99.0 Å². The van der Waals surface area contributed by atoms with Gasteiger partial charge in [-0.1, -0.05) is 0 Å². The number of imidazole rings is 2. The molecule has 2 fully saturated rings. The van der Waals surface area contributed by atoms with Crippen LogP contribution in [0.3, 0.4) is 0 Å². The summed E-state index contributed by atoms with van der Waals surface area (Å²) in [6.45, 7) is -5.63. The largest absolute Gasteiger partial charge is 0.582 e. The van der Waals surface area contributed by atoms with Crippen molar-refractivity contribution in [3.05, 3.63) is 29.3 Å². The number of H-pyrrole nitrogens is 1. The van der Waals surface area contributed by atoms with Crippen LogP contribution in [-0.2, 0) is 39.4 Å². The van der Waals surface area contributed by atoms with E-state index in [0.717, 1.165) is 17.2 Å². The number of aliphatic hydroxyl groups excluding tert-OH is 1. The van der Waals surface area contributed by atoms with E-state index in [0.29, 0.717) is 0 Å². The second-order valence-electron chi connectivity index (χ2n) is 9.74. The van der Waals surface area contributed by atoms with E-state index in [1.807, 2.05) is 0 Å². The summed E-state index contributed by atoms with van der Waals surface area (Å²) in [5.74, 6) is -0.225. The number of hydrogen-bond donors (Lipinski definition) is 6. The number of fused-ring (bicyclic) bond motifs is 2. The first-order chi connectivity index (χ1) is 21.3. The molecular formula is C20H23F2N10O9P2S2+. The van der Waals surface area contributed by atoms with Crippen molar-refractivity contribution in [1.29, 1.82) is 0 Å². The Bertz CT molecular complexity index is 1870. The lowest BCUT2D eigenvalue weighted by Crippen LogP contribution is -2.33. The Morgan fingerprint density at radius 2 is 1.76 bits per heavy atom. The average molecular weight is 712 g/mol. The van der Waals surface area contributed by atoms with Gasteiger partial charge in [-0.15, -0.1) is 4.52 Å². The Kier molecular flexibility index (Phi) is 8.86. The van der Waals surface area contributed by atoms with Crippen LogP contribution in [0.1, 0.15) is 12.5 Å². The number of ether oxygens (including phenoxy) is 2. The minimum absolute atomic E-state index is 0.0500. The standard InChI is InChI=1S/C20H22F2N10O9P2S2/c21-8-6(1-37-42(35)44)39-19(32-5-28-11-16(32)29-20(24)30-17(11)34)13(8)41-43(36,45)38-2-7-12(33)9(22)18(40-7)31-4-27-10-14(23)25-3-26-15(10)31/h3-9,12-13,18-19,33H,1-2H2,(H6-,23,24,25,26,29,30,34,35,36,44,45)/p+1/t6-,7-,8-,9-,12-,13-,18-,19-,43?/m1/s1. The lowest BCUT2D eigenvalue weighted by molar-refractivity contribution is -0.0536. The van der Waals surface area contributed by atoms with Gasteiger partial charge in [0, 0.05) is 0 Å². The van der Waals surface area contributed by atoms with Crippen molar-refractivity contribution in [1.82, 2.24) is 39.0 Å². The first-order valence-corrected chi connectivity index (χ1v) is 17.6. The van der Waals surface area contributed by atoms with E-state index in [1.165, 1.54) is 10.9 Å². The van der Waals surface area contributed by atoms with Crippen molar-refractivity contribution < 1.29 is 46.4 Å². The monoisotopic (exact) mass is 711 g/mol. The predicted molar refractivity (Wildman–Crippen MR) is 156 cm³/mol. The van der Waals surface area contributed by atoms with Crippen molar-refractivity contribution in [3.8, 4) is 0 Å². The second kappa shape index (κ2) is 12.4. The lowest BCUT2D eigenvalue weighted by atomic mass is 10.1. The van der Waals surface area contributed by atoms with Crippen molar-refractivity contribution in [2.75, 3.05) is 24.7 Å². The summed E-state index contributed by atoms with van der Waals surface area (Å²) in [4.78, 5) is 45.3. The molecule has 242 valence electrons. The van der Waals surface area contributed by atoms with Crippen LogP contribution in [0, 0.1) is 0 Å². The number of aliphatic hydroxyl groups is 1. The van der Waals surface area contributed by atoms with Crippen LogP contribution in [0.15, 0.2) is 23.8 Å². The number of nitrogens with one attached hydrogen (secondary N) is 1. The van der Waals surface area contributed by atoms with Crippen molar-refractivity contribution >= 4 is 72.1 Å². The topological polar surface area (TPSA) is 263 Å². The molecule has 0 amide bonds. The zero-order valence-electron chi connectivity index (χ0n) is 22.3. The Labute approximate surface area is 260 Å². The van der Waals surface area contributed by atoms with Crippen molar-refractivity contribution in [2.24, 2.45) is 0 Å².